The quantitative estimate of drug-likeness (QED) is 0.128. The zero-order valence-corrected chi connectivity index (χ0v) is 24.1. The van der Waals surface area contributed by atoms with E-state index in [2.05, 4.69) is 9.47 Å². The van der Waals surface area contributed by atoms with Gasteiger partial charge in [-0.25, -0.2) is 0 Å². The molecule has 3 aromatic carbocycles. The Bertz CT molecular complexity index is 1570. The minimum absolute atomic E-state index is 0.188. The van der Waals surface area contributed by atoms with Crippen LogP contribution >= 0.6 is 0 Å². The van der Waals surface area contributed by atoms with Gasteiger partial charge < -0.3 is 9.47 Å². The molecule has 0 spiro atoms. The van der Waals surface area contributed by atoms with Crippen LogP contribution in [0.1, 0.15) is 0 Å². The van der Waals surface area contributed by atoms with Crippen LogP contribution in [-0.4, -0.2) is 55.6 Å². The van der Waals surface area contributed by atoms with Gasteiger partial charge in [-0.2, -0.15) is 69.9 Å². The van der Waals surface area contributed by atoms with Crippen LogP contribution in [0.2, 0.25) is 0 Å². The number of rotatable bonds is 10. The van der Waals surface area contributed by atoms with Crippen LogP contribution in [0, 0.1) is 5.41 Å². The van der Waals surface area contributed by atoms with E-state index >= 15 is 0 Å². The molecule has 3 rings (SSSR count). The number of hydrogen-bond donors (Lipinski definition) is 1. The van der Waals surface area contributed by atoms with Gasteiger partial charge in [0.25, 0.3) is 11.5 Å². The highest BCUT2D eigenvalue weighted by molar-refractivity contribution is 7.97. The van der Waals surface area contributed by atoms with E-state index in [-0.39, 0.29) is 9.79 Å². The molecule has 3 aromatic rings. The van der Waals surface area contributed by atoms with E-state index in [1.807, 2.05) is 0 Å². The Morgan fingerprint density at radius 2 is 0.979 bits per heavy atom. The molecule has 260 valence electrons. The van der Waals surface area contributed by atoms with Gasteiger partial charge in [-0.15, -0.1) is 0 Å². The summed E-state index contributed by atoms with van der Waals surface area (Å²) in [6.07, 6.45) is -30.9. The summed E-state index contributed by atoms with van der Waals surface area (Å²) in [5, 5.41) is -5.82. The van der Waals surface area contributed by atoms with Crippen molar-refractivity contribution >= 4 is 21.0 Å². The Hall–Kier alpha value is -3.46. The predicted octanol–water partition coefficient (Wildman–Crippen LogP) is 8.62. The van der Waals surface area contributed by atoms with Crippen molar-refractivity contribution in [2.75, 3.05) is 6.61 Å². The van der Waals surface area contributed by atoms with Crippen molar-refractivity contribution in [3.05, 3.63) is 78.9 Å². The fourth-order valence-corrected chi connectivity index (χ4v) is 6.32. The van der Waals surface area contributed by atoms with Gasteiger partial charge in [-0.1, -0.05) is 18.2 Å². The van der Waals surface area contributed by atoms with Gasteiger partial charge in [0.1, 0.15) is 18.1 Å². The molecule has 0 aliphatic heterocycles. The lowest BCUT2D eigenvalue weighted by Gasteiger charge is -2.38. The average molecular weight is 740 g/mol. The third kappa shape index (κ3) is 7.82. The van der Waals surface area contributed by atoms with Crippen LogP contribution in [-0.2, 0) is 21.0 Å². The van der Waals surface area contributed by atoms with Crippen LogP contribution < -0.4 is 9.47 Å². The summed E-state index contributed by atoms with van der Waals surface area (Å²) >= 11 is 0. The molecule has 0 aliphatic carbocycles. The zero-order chi connectivity index (χ0) is 35.9. The summed E-state index contributed by atoms with van der Waals surface area (Å²) < 4.78 is 226. The highest BCUT2D eigenvalue weighted by Crippen LogP contribution is 2.59. The van der Waals surface area contributed by atoms with Crippen LogP contribution in [0.25, 0.3) is 0 Å². The Balaban J connectivity index is 1.97. The first-order valence-corrected chi connectivity index (χ1v) is 14.8. The Morgan fingerprint density at radius 3 is 1.34 bits per heavy atom. The third-order valence-corrected chi connectivity index (χ3v) is 9.34. The molecule has 0 radical (unpaired) electrons. The molecule has 0 amide bonds. The number of ether oxygens (including phenoxy) is 2. The van der Waals surface area contributed by atoms with Crippen molar-refractivity contribution in [2.45, 2.75) is 50.8 Å². The average Bonchev–Trinajstić information content (AvgIpc) is 2.90. The molecular weight excluding hydrogens is 722 g/mol. The van der Waals surface area contributed by atoms with Gasteiger partial charge in [-0.05, 0) is 60.7 Å². The standard InChI is InChI=1S/C26H16F14O5S2/c27-22(28,29)20(23(30,31)47(41,42)43)45-16-8-12-19(13-9-16)46(17-4-2-1-3-5-17)18-10-6-15(7-11-18)44-14-21(24(32,33)34,25(35,36)37)26(38,39)40/h1-13,20H,14H2/p+1. The molecule has 47 heavy (non-hydrogen) atoms. The van der Waals surface area contributed by atoms with Crippen molar-refractivity contribution in [3.8, 4) is 11.5 Å². The lowest BCUT2D eigenvalue weighted by Crippen LogP contribution is -2.62. The second kappa shape index (κ2) is 12.9. The molecular formula is C26H17F14O5S2+. The highest BCUT2D eigenvalue weighted by Gasteiger charge is 2.84. The zero-order valence-electron chi connectivity index (χ0n) is 22.5. The predicted molar refractivity (Wildman–Crippen MR) is 135 cm³/mol. The first kappa shape index (κ1) is 38.0. The SMILES string of the molecule is O=S(=O)(O)C(F)(F)C(Oc1ccc([S+](c2ccccc2)c2ccc(OCC(C(F)(F)F)(C(F)(F)F)C(F)(F)F)cc2)cc1)C(F)(F)F. The minimum atomic E-state index is -6.85. The summed E-state index contributed by atoms with van der Waals surface area (Å²) in [7, 11) is -7.90. The molecule has 5 nitrogen and oxygen atoms in total. The fourth-order valence-electron chi connectivity index (χ4n) is 3.81. The molecule has 2 atom stereocenters. The van der Waals surface area contributed by atoms with Gasteiger partial charge in [0.2, 0.25) is 0 Å². The summed E-state index contributed by atoms with van der Waals surface area (Å²) in [5.74, 6) is -1.75. The van der Waals surface area contributed by atoms with E-state index in [1.165, 1.54) is 24.3 Å². The number of benzene rings is 3. The molecule has 0 saturated heterocycles. The van der Waals surface area contributed by atoms with E-state index in [0.29, 0.717) is 4.90 Å². The van der Waals surface area contributed by atoms with Crippen LogP contribution in [0.3, 0.4) is 0 Å². The van der Waals surface area contributed by atoms with Crippen LogP contribution in [0.4, 0.5) is 61.5 Å². The van der Waals surface area contributed by atoms with Crippen molar-refractivity contribution in [2.24, 2.45) is 5.41 Å². The molecule has 0 bridgehead atoms. The smallest absolute Gasteiger partial charge is 0.432 e. The van der Waals surface area contributed by atoms with E-state index in [0.717, 1.165) is 48.5 Å². The molecule has 0 aromatic heterocycles. The maximum atomic E-state index is 13.9. The van der Waals surface area contributed by atoms with E-state index in [9.17, 15) is 69.9 Å². The van der Waals surface area contributed by atoms with Crippen molar-refractivity contribution in [1.29, 1.82) is 0 Å². The van der Waals surface area contributed by atoms with E-state index in [4.69, 9.17) is 4.55 Å². The normalized spacial score (nSPS) is 15.2. The van der Waals surface area contributed by atoms with Gasteiger partial charge in [-0.3, -0.25) is 4.55 Å². The fraction of sp³-hybridized carbons (Fsp3) is 0.308. The second-order valence-corrected chi connectivity index (χ2v) is 12.8. The second-order valence-electron chi connectivity index (χ2n) is 9.33. The molecule has 0 saturated carbocycles. The number of alkyl halides is 14. The van der Waals surface area contributed by atoms with Crippen molar-refractivity contribution in [1.82, 2.24) is 0 Å². The van der Waals surface area contributed by atoms with Crippen molar-refractivity contribution in [3.63, 3.8) is 0 Å². The molecule has 1 N–H and O–H groups in total. The van der Waals surface area contributed by atoms with E-state index in [1.54, 1.807) is 6.07 Å². The summed E-state index contributed by atoms with van der Waals surface area (Å²) in [6, 6.07) is 14.9. The Labute approximate surface area is 258 Å². The molecule has 0 aliphatic rings. The van der Waals surface area contributed by atoms with Crippen LogP contribution in [0.5, 0.6) is 11.5 Å². The molecule has 2 unspecified atom stereocenters. The Morgan fingerprint density at radius 1 is 0.596 bits per heavy atom. The maximum absolute atomic E-state index is 13.9. The van der Waals surface area contributed by atoms with Gasteiger partial charge in [0.05, 0.1) is 10.9 Å². The summed E-state index contributed by atoms with van der Waals surface area (Å²) in [6.45, 7) is -2.90. The lowest BCUT2D eigenvalue weighted by atomic mass is 9.86. The molecule has 0 heterocycles. The molecule has 21 heteroatoms. The first-order valence-electron chi connectivity index (χ1n) is 12.1. The number of hydrogen-bond acceptors (Lipinski definition) is 4. The highest BCUT2D eigenvalue weighted by atomic mass is 32.2. The largest absolute Gasteiger partial charge is 0.492 e. The summed E-state index contributed by atoms with van der Waals surface area (Å²) in [4.78, 5) is 0.815. The van der Waals surface area contributed by atoms with Gasteiger partial charge >= 0.3 is 40.1 Å². The topological polar surface area (TPSA) is 72.8 Å². The van der Waals surface area contributed by atoms with Crippen molar-refractivity contribution < 1.29 is 83.9 Å². The maximum Gasteiger partial charge on any atom is 0.432 e. The Kier molecular flexibility index (Phi) is 10.4. The van der Waals surface area contributed by atoms with Gasteiger partial charge in [0.15, 0.2) is 14.7 Å². The summed E-state index contributed by atoms with van der Waals surface area (Å²) in [5.41, 5.74) is -6.22. The van der Waals surface area contributed by atoms with Crippen LogP contribution in [0.15, 0.2) is 93.5 Å². The first-order chi connectivity index (χ1) is 21.2. The molecule has 0 fully saturated rings. The monoisotopic (exact) mass is 739 g/mol. The minimum Gasteiger partial charge on any atom is -0.492 e. The lowest BCUT2D eigenvalue weighted by molar-refractivity contribution is -0.431. The number of halogens is 14. The van der Waals surface area contributed by atoms with E-state index < -0.39 is 80.6 Å². The van der Waals surface area contributed by atoms with Gasteiger partial charge in [0, 0.05) is 0 Å². The third-order valence-electron chi connectivity index (χ3n) is 6.21.